The van der Waals surface area contributed by atoms with Crippen LogP contribution in [0.5, 0.6) is 0 Å². The molecule has 1 aliphatic rings. The van der Waals surface area contributed by atoms with Gasteiger partial charge < -0.3 is 5.32 Å². The number of rotatable bonds is 5. The first-order valence-electron chi connectivity index (χ1n) is 7.37. The molecule has 4 heteroatoms. The molecule has 2 atom stereocenters. The second-order valence-corrected chi connectivity index (χ2v) is 6.58. The standard InChI is InChI=1S/C17H19FN2S/c1-2-8-20-17(13-7-9-19-11-14(13)18)16-10-12-5-3-4-6-15(12)21-16/h3-7,9,11,16-17,20H,2,8,10H2,1H3. The molecule has 0 spiro atoms. The van der Waals surface area contributed by atoms with Crippen LogP contribution in [0, 0.1) is 5.82 Å². The first-order chi connectivity index (χ1) is 10.3. The van der Waals surface area contributed by atoms with Gasteiger partial charge in [0.2, 0.25) is 0 Å². The molecular weight excluding hydrogens is 283 g/mol. The molecule has 3 rings (SSSR count). The average molecular weight is 302 g/mol. The molecule has 0 radical (unpaired) electrons. The minimum atomic E-state index is -0.220. The molecule has 2 nitrogen and oxygen atoms in total. The topological polar surface area (TPSA) is 24.9 Å². The Labute approximate surface area is 129 Å². The van der Waals surface area contributed by atoms with E-state index < -0.39 is 0 Å². The number of aromatic nitrogens is 1. The summed E-state index contributed by atoms with van der Waals surface area (Å²) < 4.78 is 14.1. The molecule has 1 aromatic heterocycles. The van der Waals surface area contributed by atoms with Crippen LogP contribution in [0.15, 0.2) is 47.6 Å². The Morgan fingerprint density at radius 1 is 1.38 bits per heavy atom. The molecule has 1 aliphatic heterocycles. The summed E-state index contributed by atoms with van der Waals surface area (Å²) in [7, 11) is 0. The highest BCUT2D eigenvalue weighted by Crippen LogP contribution is 2.42. The second-order valence-electron chi connectivity index (χ2n) is 5.30. The average Bonchev–Trinajstić information content (AvgIpc) is 2.93. The summed E-state index contributed by atoms with van der Waals surface area (Å²) in [6, 6.07) is 10.3. The van der Waals surface area contributed by atoms with Gasteiger partial charge >= 0.3 is 0 Å². The normalized spacial score (nSPS) is 18.5. The summed E-state index contributed by atoms with van der Waals surface area (Å²) in [6.07, 6.45) is 4.99. The third-order valence-electron chi connectivity index (χ3n) is 3.80. The molecule has 2 unspecified atom stereocenters. The van der Waals surface area contributed by atoms with Gasteiger partial charge in [0.1, 0.15) is 5.82 Å². The third kappa shape index (κ3) is 3.11. The van der Waals surface area contributed by atoms with Gasteiger partial charge in [0.25, 0.3) is 0 Å². The van der Waals surface area contributed by atoms with Gasteiger partial charge in [-0.3, -0.25) is 4.98 Å². The number of nitrogens with zero attached hydrogens (tertiary/aromatic N) is 1. The molecule has 21 heavy (non-hydrogen) atoms. The second kappa shape index (κ2) is 6.58. The fourth-order valence-electron chi connectivity index (χ4n) is 2.77. The van der Waals surface area contributed by atoms with Gasteiger partial charge in [-0.05, 0) is 37.1 Å². The highest BCUT2D eigenvalue weighted by atomic mass is 32.2. The molecular formula is C17H19FN2S. The molecule has 0 fully saturated rings. The van der Waals surface area contributed by atoms with Gasteiger partial charge in [0, 0.05) is 27.9 Å². The third-order valence-corrected chi connectivity index (χ3v) is 5.19. The lowest BCUT2D eigenvalue weighted by atomic mass is 9.99. The molecule has 2 heterocycles. The Kier molecular flexibility index (Phi) is 4.56. The van der Waals surface area contributed by atoms with Crippen molar-refractivity contribution in [2.24, 2.45) is 0 Å². The molecule has 2 aromatic rings. The first kappa shape index (κ1) is 14.5. The van der Waals surface area contributed by atoms with Crippen molar-refractivity contribution in [3.8, 4) is 0 Å². The number of hydrogen-bond acceptors (Lipinski definition) is 3. The van der Waals surface area contributed by atoms with Crippen LogP contribution >= 0.6 is 11.8 Å². The predicted molar refractivity (Wildman–Crippen MR) is 85.0 cm³/mol. The van der Waals surface area contributed by atoms with Crippen LogP contribution < -0.4 is 5.32 Å². The van der Waals surface area contributed by atoms with Crippen molar-refractivity contribution in [2.75, 3.05) is 6.54 Å². The Balaban J connectivity index is 1.86. The SMILES string of the molecule is CCCNC(c1ccncc1F)C1Cc2ccccc2S1. The van der Waals surface area contributed by atoms with Gasteiger partial charge in [0.15, 0.2) is 0 Å². The quantitative estimate of drug-likeness (QED) is 0.904. The van der Waals surface area contributed by atoms with E-state index >= 15 is 0 Å². The van der Waals surface area contributed by atoms with Crippen molar-refractivity contribution in [3.05, 3.63) is 59.7 Å². The van der Waals surface area contributed by atoms with E-state index in [1.54, 1.807) is 12.3 Å². The van der Waals surface area contributed by atoms with Gasteiger partial charge in [-0.25, -0.2) is 4.39 Å². The van der Waals surface area contributed by atoms with Crippen molar-refractivity contribution in [3.63, 3.8) is 0 Å². The maximum Gasteiger partial charge on any atom is 0.146 e. The van der Waals surface area contributed by atoms with E-state index in [4.69, 9.17) is 0 Å². The zero-order chi connectivity index (χ0) is 14.7. The minimum Gasteiger partial charge on any atom is -0.309 e. The van der Waals surface area contributed by atoms with Gasteiger partial charge in [0.05, 0.1) is 6.20 Å². The van der Waals surface area contributed by atoms with Gasteiger partial charge in [-0.15, -0.1) is 11.8 Å². The zero-order valence-corrected chi connectivity index (χ0v) is 12.9. The zero-order valence-electron chi connectivity index (χ0n) is 12.1. The summed E-state index contributed by atoms with van der Waals surface area (Å²) in [5.74, 6) is -0.220. The number of thioether (sulfide) groups is 1. The van der Waals surface area contributed by atoms with E-state index in [9.17, 15) is 4.39 Å². The Morgan fingerprint density at radius 2 is 2.24 bits per heavy atom. The molecule has 0 aliphatic carbocycles. The Bertz CT molecular complexity index is 592. The lowest BCUT2D eigenvalue weighted by molar-refractivity contribution is 0.483. The van der Waals surface area contributed by atoms with Crippen LogP contribution in [0.4, 0.5) is 4.39 Å². The van der Waals surface area contributed by atoms with E-state index in [-0.39, 0.29) is 11.9 Å². The molecule has 1 N–H and O–H groups in total. The smallest absolute Gasteiger partial charge is 0.146 e. The molecule has 1 aromatic carbocycles. The van der Waals surface area contributed by atoms with Crippen LogP contribution in [0.2, 0.25) is 0 Å². The van der Waals surface area contributed by atoms with Crippen molar-refractivity contribution >= 4 is 11.8 Å². The maximum atomic E-state index is 14.1. The fraction of sp³-hybridized carbons (Fsp3) is 0.353. The number of benzene rings is 1. The Hall–Kier alpha value is -1.39. The number of hydrogen-bond donors (Lipinski definition) is 1. The maximum absolute atomic E-state index is 14.1. The fourth-order valence-corrected chi connectivity index (χ4v) is 4.20. The van der Waals surface area contributed by atoms with Crippen molar-refractivity contribution in [1.29, 1.82) is 0 Å². The molecule has 0 saturated heterocycles. The predicted octanol–water partition coefficient (Wildman–Crippen LogP) is 3.98. The summed E-state index contributed by atoms with van der Waals surface area (Å²) in [5.41, 5.74) is 2.09. The van der Waals surface area contributed by atoms with Crippen molar-refractivity contribution in [2.45, 2.75) is 36.0 Å². The van der Waals surface area contributed by atoms with E-state index in [1.807, 2.05) is 11.8 Å². The summed E-state index contributed by atoms with van der Waals surface area (Å²) in [5, 5.41) is 3.84. The van der Waals surface area contributed by atoms with Crippen molar-refractivity contribution in [1.82, 2.24) is 10.3 Å². The number of halogens is 1. The van der Waals surface area contributed by atoms with Crippen LogP contribution in [0.25, 0.3) is 0 Å². The van der Waals surface area contributed by atoms with Crippen molar-refractivity contribution < 1.29 is 4.39 Å². The monoisotopic (exact) mass is 302 g/mol. The highest BCUT2D eigenvalue weighted by Gasteiger charge is 2.31. The summed E-state index contributed by atoms with van der Waals surface area (Å²) in [4.78, 5) is 5.18. The van der Waals surface area contributed by atoms with Gasteiger partial charge in [-0.1, -0.05) is 25.1 Å². The van der Waals surface area contributed by atoms with Crippen LogP contribution in [-0.4, -0.2) is 16.8 Å². The summed E-state index contributed by atoms with van der Waals surface area (Å²) in [6.45, 7) is 3.02. The van der Waals surface area contributed by atoms with E-state index in [0.29, 0.717) is 5.25 Å². The largest absolute Gasteiger partial charge is 0.309 e. The lowest BCUT2D eigenvalue weighted by Crippen LogP contribution is -2.31. The molecule has 0 saturated carbocycles. The van der Waals surface area contributed by atoms with E-state index in [2.05, 4.69) is 41.5 Å². The number of nitrogens with one attached hydrogen (secondary N) is 1. The van der Waals surface area contributed by atoms with Crippen LogP contribution in [-0.2, 0) is 6.42 Å². The summed E-state index contributed by atoms with van der Waals surface area (Å²) >= 11 is 1.85. The molecule has 110 valence electrons. The number of pyridine rings is 1. The minimum absolute atomic E-state index is 0.0188. The lowest BCUT2D eigenvalue weighted by Gasteiger charge is -2.25. The van der Waals surface area contributed by atoms with E-state index in [0.717, 1.165) is 24.9 Å². The first-order valence-corrected chi connectivity index (χ1v) is 8.25. The highest BCUT2D eigenvalue weighted by molar-refractivity contribution is 8.00. The van der Waals surface area contributed by atoms with Crippen LogP contribution in [0.3, 0.4) is 0 Å². The van der Waals surface area contributed by atoms with E-state index in [1.165, 1.54) is 16.7 Å². The number of fused-ring (bicyclic) bond motifs is 1. The van der Waals surface area contributed by atoms with Crippen LogP contribution in [0.1, 0.15) is 30.5 Å². The Morgan fingerprint density at radius 3 is 3.00 bits per heavy atom. The molecule has 0 bridgehead atoms. The molecule has 0 amide bonds. The van der Waals surface area contributed by atoms with Gasteiger partial charge in [-0.2, -0.15) is 0 Å².